The van der Waals surface area contributed by atoms with Crippen LogP contribution in [-0.4, -0.2) is 10.1 Å². The minimum Gasteiger partial charge on any atom is -0.507 e. The lowest BCUT2D eigenvalue weighted by Gasteiger charge is -2.10. The molecule has 0 spiro atoms. The molecule has 0 radical (unpaired) electrons. The second-order valence-electron chi connectivity index (χ2n) is 4.33. The smallest absolute Gasteiger partial charge is 0.125 e. The minimum absolute atomic E-state index is 0.194. The van der Waals surface area contributed by atoms with Crippen molar-refractivity contribution in [1.29, 1.82) is 0 Å². The Hall–Kier alpha value is -1.58. The SMILES string of the molecule is Cc1ccc(O)c(C(=S)NCc2ccc(Cl)cc2)c1. The summed E-state index contributed by atoms with van der Waals surface area (Å²) in [5, 5.41) is 13.6. The van der Waals surface area contributed by atoms with Crippen LogP contribution in [0.5, 0.6) is 5.75 Å². The molecule has 0 aliphatic heterocycles. The molecule has 0 amide bonds. The second-order valence-corrected chi connectivity index (χ2v) is 5.17. The summed E-state index contributed by atoms with van der Waals surface area (Å²) in [6.45, 7) is 2.56. The highest BCUT2D eigenvalue weighted by Gasteiger charge is 2.07. The maximum absolute atomic E-state index is 9.79. The van der Waals surface area contributed by atoms with Gasteiger partial charge in [-0.25, -0.2) is 0 Å². The van der Waals surface area contributed by atoms with E-state index in [0.29, 0.717) is 22.1 Å². The van der Waals surface area contributed by atoms with E-state index in [1.165, 1.54) is 0 Å². The molecule has 19 heavy (non-hydrogen) atoms. The lowest BCUT2D eigenvalue weighted by atomic mass is 10.1. The van der Waals surface area contributed by atoms with E-state index < -0.39 is 0 Å². The molecular weight excluding hydrogens is 278 g/mol. The number of thiocarbonyl (C=S) groups is 1. The standard InChI is InChI=1S/C15H14ClNOS/c1-10-2-7-14(18)13(8-10)15(19)17-9-11-3-5-12(16)6-4-11/h2-8,18H,9H2,1H3,(H,17,19). The van der Waals surface area contributed by atoms with E-state index in [2.05, 4.69) is 5.32 Å². The molecule has 0 saturated carbocycles. The zero-order chi connectivity index (χ0) is 13.8. The average Bonchev–Trinajstić information content (AvgIpc) is 2.40. The van der Waals surface area contributed by atoms with E-state index in [9.17, 15) is 5.11 Å². The maximum atomic E-state index is 9.79. The third-order valence-corrected chi connectivity index (χ3v) is 3.38. The predicted octanol–water partition coefficient (Wildman–Crippen LogP) is 3.82. The van der Waals surface area contributed by atoms with Crippen LogP contribution in [0.1, 0.15) is 16.7 Å². The Balaban J connectivity index is 2.05. The Kier molecular flexibility index (Phi) is 4.40. The molecule has 2 aromatic carbocycles. The topological polar surface area (TPSA) is 32.3 Å². The third kappa shape index (κ3) is 3.69. The summed E-state index contributed by atoms with van der Waals surface area (Å²) in [4.78, 5) is 0.538. The molecule has 0 unspecified atom stereocenters. The monoisotopic (exact) mass is 291 g/mol. The first kappa shape index (κ1) is 13.8. The van der Waals surface area contributed by atoms with Crippen molar-refractivity contribution in [2.24, 2.45) is 0 Å². The first-order valence-corrected chi connectivity index (χ1v) is 6.67. The molecule has 4 heteroatoms. The van der Waals surface area contributed by atoms with E-state index in [-0.39, 0.29) is 5.75 Å². The molecule has 0 aliphatic rings. The summed E-state index contributed by atoms with van der Waals surface area (Å²) in [5.41, 5.74) is 2.80. The fraction of sp³-hybridized carbons (Fsp3) is 0.133. The fourth-order valence-electron chi connectivity index (χ4n) is 1.71. The number of halogens is 1. The highest BCUT2D eigenvalue weighted by molar-refractivity contribution is 7.80. The van der Waals surface area contributed by atoms with Gasteiger partial charge in [0.05, 0.1) is 5.56 Å². The van der Waals surface area contributed by atoms with Crippen LogP contribution in [0.2, 0.25) is 5.02 Å². The zero-order valence-electron chi connectivity index (χ0n) is 10.5. The highest BCUT2D eigenvalue weighted by Crippen LogP contribution is 2.18. The van der Waals surface area contributed by atoms with Gasteiger partial charge in [-0.15, -0.1) is 0 Å². The number of aryl methyl sites for hydroxylation is 1. The summed E-state index contributed by atoms with van der Waals surface area (Å²) in [6, 6.07) is 12.9. The number of nitrogens with one attached hydrogen (secondary N) is 1. The molecule has 0 heterocycles. The summed E-state index contributed by atoms with van der Waals surface area (Å²) >= 11 is 11.1. The van der Waals surface area contributed by atoms with Crippen molar-refractivity contribution in [1.82, 2.24) is 5.32 Å². The Morgan fingerprint density at radius 1 is 1.21 bits per heavy atom. The minimum atomic E-state index is 0.194. The fourth-order valence-corrected chi connectivity index (χ4v) is 2.07. The van der Waals surface area contributed by atoms with Gasteiger partial charge in [-0.05, 0) is 36.8 Å². The molecule has 2 aromatic rings. The molecule has 0 fully saturated rings. The van der Waals surface area contributed by atoms with Gasteiger partial charge in [0.25, 0.3) is 0 Å². The Morgan fingerprint density at radius 2 is 1.89 bits per heavy atom. The van der Waals surface area contributed by atoms with Gasteiger partial charge in [-0.1, -0.05) is 47.6 Å². The van der Waals surface area contributed by atoms with Crippen LogP contribution < -0.4 is 5.32 Å². The molecule has 2 N–H and O–H groups in total. The number of phenolic OH excluding ortho intramolecular Hbond substituents is 1. The Morgan fingerprint density at radius 3 is 2.58 bits per heavy atom. The van der Waals surface area contributed by atoms with Gasteiger partial charge in [0.15, 0.2) is 0 Å². The van der Waals surface area contributed by atoms with E-state index in [1.807, 2.05) is 43.3 Å². The largest absolute Gasteiger partial charge is 0.507 e. The van der Waals surface area contributed by atoms with Crippen LogP contribution in [0, 0.1) is 6.92 Å². The number of aromatic hydroxyl groups is 1. The van der Waals surface area contributed by atoms with Crippen molar-refractivity contribution in [2.75, 3.05) is 0 Å². The van der Waals surface area contributed by atoms with Crippen molar-refractivity contribution in [3.63, 3.8) is 0 Å². The molecule has 2 rings (SSSR count). The number of rotatable bonds is 3. The third-order valence-electron chi connectivity index (χ3n) is 2.76. The van der Waals surface area contributed by atoms with Gasteiger partial charge in [-0.2, -0.15) is 0 Å². The molecular formula is C15H14ClNOS. The van der Waals surface area contributed by atoms with Crippen LogP contribution in [0.3, 0.4) is 0 Å². The molecule has 0 atom stereocenters. The average molecular weight is 292 g/mol. The lowest BCUT2D eigenvalue weighted by molar-refractivity contribution is 0.474. The number of hydrogen-bond donors (Lipinski definition) is 2. The first-order valence-electron chi connectivity index (χ1n) is 5.88. The van der Waals surface area contributed by atoms with Crippen molar-refractivity contribution in [3.05, 3.63) is 64.2 Å². The van der Waals surface area contributed by atoms with E-state index >= 15 is 0 Å². The molecule has 0 aliphatic carbocycles. The van der Waals surface area contributed by atoms with Crippen LogP contribution in [-0.2, 0) is 6.54 Å². The van der Waals surface area contributed by atoms with Crippen molar-refractivity contribution in [3.8, 4) is 5.75 Å². The van der Waals surface area contributed by atoms with E-state index in [1.54, 1.807) is 6.07 Å². The Bertz CT molecular complexity index is 596. The van der Waals surface area contributed by atoms with Gasteiger partial charge in [-0.3, -0.25) is 0 Å². The Labute approximate surface area is 123 Å². The number of phenols is 1. The maximum Gasteiger partial charge on any atom is 0.125 e. The van der Waals surface area contributed by atoms with Crippen LogP contribution in [0.25, 0.3) is 0 Å². The number of benzene rings is 2. The summed E-state index contributed by atoms with van der Waals surface area (Å²) < 4.78 is 0. The zero-order valence-corrected chi connectivity index (χ0v) is 12.1. The van der Waals surface area contributed by atoms with Crippen molar-refractivity contribution < 1.29 is 5.11 Å². The second kappa shape index (κ2) is 6.04. The van der Waals surface area contributed by atoms with Gasteiger partial charge in [0.1, 0.15) is 10.7 Å². The quantitative estimate of drug-likeness (QED) is 0.843. The molecule has 0 saturated heterocycles. The van der Waals surface area contributed by atoms with Gasteiger partial charge < -0.3 is 10.4 Å². The van der Waals surface area contributed by atoms with Gasteiger partial charge in [0.2, 0.25) is 0 Å². The van der Waals surface area contributed by atoms with Crippen LogP contribution >= 0.6 is 23.8 Å². The van der Waals surface area contributed by atoms with Gasteiger partial charge >= 0.3 is 0 Å². The van der Waals surface area contributed by atoms with Gasteiger partial charge in [0, 0.05) is 11.6 Å². The summed E-state index contributed by atoms with van der Waals surface area (Å²) in [7, 11) is 0. The molecule has 2 nitrogen and oxygen atoms in total. The normalized spacial score (nSPS) is 10.2. The van der Waals surface area contributed by atoms with E-state index in [0.717, 1.165) is 11.1 Å². The van der Waals surface area contributed by atoms with Crippen molar-refractivity contribution >= 4 is 28.8 Å². The molecule has 0 aromatic heterocycles. The highest BCUT2D eigenvalue weighted by atomic mass is 35.5. The number of hydrogen-bond acceptors (Lipinski definition) is 2. The first-order chi connectivity index (χ1) is 9.06. The van der Waals surface area contributed by atoms with E-state index in [4.69, 9.17) is 23.8 Å². The lowest BCUT2D eigenvalue weighted by Crippen LogP contribution is -2.21. The van der Waals surface area contributed by atoms with Crippen LogP contribution in [0.15, 0.2) is 42.5 Å². The molecule has 0 bridgehead atoms. The van der Waals surface area contributed by atoms with Crippen molar-refractivity contribution in [2.45, 2.75) is 13.5 Å². The summed E-state index contributed by atoms with van der Waals surface area (Å²) in [6.07, 6.45) is 0. The molecule has 98 valence electrons. The summed E-state index contributed by atoms with van der Waals surface area (Å²) in [5.74, 6) is 0.194. The predicted molar refractivity (Wildman–Crippen MR) is 82.8 cm³/mol. The van der Waals surface area contributed by atoms with Crippen LogP contribution in [0.4, 0.5) is 0 Å².